The Morgan fingerprint density at radius 2 is 1.31 bits per heavy atom. The van der Waals surface area contributed by atoms with Crippen LogP contribution in [0.2, 0.25) is 0 Å². The van der Waals surface area contributed by atoms with Gasteiger partial charge in [0.05, 0.1) is 11.7 Å². The van der Waals surface area contributed by atoms with E-state index in [-0.39, 0.29) is 52.4 Å². The first-order valence-corrected chi connectivity index (χ1v) is 14.9. The van der Waals surface area contributed by atoms with Gasteiger partial charge in [-0.25, -0.2) is 0 Å². The summed E-state index contributed by atoms with van der Waals surface area (Å²) in [6.07, 6.45) is 16.2. The molecule has 0 aliphatic heterocycles. The van der Waals surface area contributed by atoms with Gasteiger partial charge >= 0.3 is 0 Å². The van der Waals surface area contributed by atoms with Gasteiger partial charge in [-0.3, -0.25) is 4.79 Å². The first kappa shape index (κ1) is 32.5. The lowest BCUT2D eigenvalue weighted by Gasteiger charge is -2.17. The summed E-state index contributed by atoms with van der Waals surface area (Å²) in [5.41, 5.74) is 2.13. The molecular formula is C33H50O6. The number of aliphatic hydroxyl groups is 1. The molecule has 6 nitrogen and oxygen atoms in total. The third-order valence-corrected chi connectivity index (χ3v) is 7.72. The summed E-state index contributed by atoms with van der Waals surface area (Å²) in [6, 6.07) is 4.36. The van der Waals surface area contributed by atoms with Crippen molar-refractivity contribution in [2.45, 2.75) is 130 Å². The zero-order chi connectivity index (χ0) is 28.8. The highest BCUT2D eigenvalue weighted by atomic mass is 16.3. The molecule has 2 rings (SSSR count). The van der Waals surface area contributed by atoms with Gasteiger partial charge in [-0.05, 0) is 62.8 Å². The monoisotopic (exact) mass is 542 g/mol. The minimum Gasteiger partial charge on any atom is -0.508 e. The summed E-state index contributed by atoms with van der Waals surface area (Å²) in [5, 5.41) is 51.9. The van der Waals surface area contributed by atoms with Crippen LogP contribution in [0, 0.1) is 6.92 Å². The molecule has 2 aromatic rings. The zero-order valence-corrected chi connectivity index (χ0v) is 24.3. The fraction of sp³-hybridized carbons (Fsp3) is 0.606. The van der Waals surface area contributed by atoms with Gasteiger partial charge in [0.1, 0.15) is 23.0 Å². The summed E-state index contributed by atoms with van der Waals surface area (Å²) >= 11 is 0. The average Bonchev–Trinajstić information content (AvgIpc) is 2.88. The van der Waals surface area contributed by atoms with Gasteiger partial charge in [-0.1, -0.05) is 77.6 Å². The Kier molecular flexibility index (Phi) is 14.2. The van der Waals surface area contributed by atoms with Gasteiger partial charge in [-0.2, -0.15) is 0 Å². The smallest absolute Gasteiger partial charge is 0.163 e. The Morgan fingerprint density at radius 3 is 1.90 bits per heavy atom. The van der Waals surface area contributed by atoms with Gasteiger partial charge < -0.3 is 25.5 Å². The van der Waals surface area contributed by atoms with Crippen molar-refractivity contribution in [3.05, 3.63) is 46.0 Å². The Bertz CT molecular complexity index is 1050. The van der Waals surface area contributed by atoms with Gasteiger partial charge in [0, 0.05) is 23.6 Å². The van der Waals surface area contributed by atoms with Crippen molar-refractivity contribution < 1.29 is 30.3 Å². The van der Waals surface area contributed by atoms with Gasteiger partial charge in [0.25, 0.3) is 0 Å². The van der Waals surface area contributed by atoms with Crippen molar-refractivity contribution in [3.63, 3.8) is 0 Å². The van der Waals surface area contributed by atoms with E-state index in [1.54, 1.807) is 13.0 Å². The second-order valence-corrected chi connectivity index (χ2v) is 11.1. The zero-order valence-electron chi connectivity index (χ0n) is 24.3. The summed E-state index contributed by atoms with van der Waals surface area (Å²) in [6.45, 7) is 5.22. The number of hydrogen-bond acceptors (Lipinski definition) is 6. The third-order valence-electron chi connectivity index (χ3n) is 7.72. The average molecular weight is 543 g/mol. The van der Waals surface area contributed by atoms with E-state index in [1.807, 2.05) is 0 Å². The highest BCUT2D eigenvalue weighted by molar-refractivity contribution is 5.97. The van der Waals surface area contributed by atoms with Crippen LogP contribution in [-0.2, 0) is 12.8 Å². The predicted molar refractivity (Wildman–Crippen MR) is 157 cm³/mol. The number of Topliss-reactive ketones (excluding diaryl/α,β-unsaturated/α-hetero) is 1. The normalized spacial score (nSPS) is 12.1. The molecule has 0 saturated heterocycles. The van der Waals surface area contributed by atoms with Crippen LogP contribution in [0.5, 0.6) is 23.0 Å². The maximum absolute atomic E-state index is 12.0. The van der Waals surface area contributed by atoms with Crippen LogP contribution in [-0.4, -0.2) is 37.4 Å². The number of carbonyl (C=O) groups is 1. The van der Waals surface area contributed by atoms with E-state index in [4.69, 9.17) is 0 Å². The van der Waals surface area contributed by atoms with E-state index in [0.29, 0.717) is 17.5 Å². The number of rotatable bonds is 19. The van der Waals surface area contributed by atoms with Crippen LogP contribution in [0.15, 0.2) is 18.2 Å². The quantitative estimate of drug-likeness (QED) is 0.0906. The Labute approximate surface area is 234 Å². The van der Waals surface area contributed by atoms with E-state index in [1.165, 1.54) is 64.0 Å². The van der Waals surface area contributed by atoms with E-state index in [2.05, 4.69) is 6.92 Å². The number of carbonyl (C=O) groups excluding carboxylic acids is 1. The Balaban J connectivity index is 1.79. The number of aliphatic hydroxyl groups excluding tert-OH is 1. The van der Waals surface area contributed by atoms with Gasteiger partial charge in [0.15, 0.2) is 5.78 Å². The molecule has 0 radical (unpaired) electrons. The highest BCUT2D eigenvalue weighted by Gasteiger charge is 2.21. The number of phenolic OH excluding ortho intramolecular Hbond substituents is 4. The summed E-state index contributed by atoms with van der Waals surface area (Å²) in [4.78, 5) is 12.0. The Hall–Kier alpha value is -2.73. The second-order valence-electron chi connectivity index (χ2n) is 11.1. The molecular weight excluding hydrogens is 492 g/mol. The fourth-order valence-corrected chi connectivity index (χ4v) is 5.31. The SMILES string of the molecule is CCCCC[C@H](O)CCCCCCCCCCCc1cc(O)cc(O)c1Cc1c(O)c(C)cc(C(C)=O)c1O. The highest BCUT2D eigenvalue weighted by Crippen LogP contribution is 2.39. The van der Waals surface area contributed by atoms with E-state index in [9.17, 15) is 30.3 Å². The maximum atomic E-state index is 12.0. The minimum absolute atomic E-state index is 0.0261. The minimum atomic E-state index is -0.302. The number of aromatic hydroxyl groups is 4. The predicted octanol–water partition coefficient (Wildman–Crippen LogP) is 8.00. The largest absolute Gasteiger partial charge is 0.508 e. The van der Waals surface area contributed by atoms with Crippen molar-refractivity contribution in [1.82, 2.24) is 0 Å². The van der Waals surface area contributed by atoms with Crippen LogP contribution < -0.4 is 0 Å². The molecule has 0 saturated carbocycles. The molecule has 0 aliphatic rings. The molecule has 39 heavy (non-hydrogen) atoms. The molecule has 1 atom stereocenters. The molecule has 0 bridgehead atoms. The first-order chi connectivity index (χ1) is 18.6. The maximum Gasteiger partial charge on any atom is 0.163 e. The standard InChI is InChI=1S/C33H50O6/c1-4-5-13-17-26(35)18-15-12-10-8-6-7-9-11-14-16-25-20-27(36)21-31(37)29(25)22-30-32(38)23(2)19-28(24(3)34)33(30)39/h19-21,26,35-39H,4-18,22H2,1-3H3/t26-/m0/s1. The molecule has 2 aromatic carbocycles. The van der Waals surface area contributed by atoms with E-state index < -0.39 is 0 Å². The number of phenols is 4. The first-order valence-electron chi connectivity index (χ1n) is 14.9. The van der Waals surface area contributed by atoms with Gasteiger partial charge in [0.2, 0.25) is 0 Å². The van der Waals surface area contributed by atoms with Crippen LogP contribution in [0.3, 0.4) is 0 Å². The number of ketones is 1. The van der Waals surface area contributed by atoms with Gasteiger partial charge in [-0.15, -0.1) is 0 Å². The summed E-state index contributed by atoms with van der Waals surface area (Å²) in [7, 11) is 0. The number of unbranched alkanes of at least 4 members (excludes halogenated alkanes) is 10. The van der Waals surface area contributed by atoms with E-state index in [0.717, 1.165) is 50.5 Å². The molecule has 5 N–H and O–H groups in total. The summed E-state index contributed by atoms with van der Waals surface area (Å²) < 4.78 is 0. The van der Waals surface area contributed by atoms with Crippen molar-refractivity contribution in [2.24, 2.45) is 0 Å². The molecule has 0 unspecified atom stereocenters. The number of hydrogen-bond donors (Lipinski definition) is 5. The van der Waals surface area contributed by atoms with Crippen molar-refractivity contribution in [3.8, 4) is 23.0 Å². The Morgan fingerprint density at radius 1 is 0.744 bits per heavy atom. The fourth-order valence-electron chi connectivity index (χ4n) is 5.31. The summed E-state index contributed by atoms with van der Waals surface area (Å²) in [5.74, 6) is -0.792. The number of benzene rings is 2. The molecule has 218 valence electrons. The molecule has 0 aromatic heterocycles. The molecule has 0 aliphatic carbocycles. The second kappa shape index (κ2) is 17.1. The lowest BCUT2D eigenvalue weighted by Crippen LogP contribution is -2.05. The van der Waals surface area contributed by atoms with Crippen molar-refractivity contribution >= 4 is 5.78 Å². The number of aryl methyl sites for hydroxylation is 2. The topological polar surface area (TPSA) is 118 Å². The molecule has 0 amide bonds. The van der Waals surface area contributed by atoms with Crippen LogP contribution >= 0.6 is 0 Å². The van der Waals surface area contributed by atoms with Crippen molar-refractivity contribution in [1.29, 1.82) is 0 Å². The third kappa shape index (κ3) is 10.7. The molecule has 0 spiro atoms. The molecule has 0 fully saturated rings. The van der Waals surface area contributed by atoms with E-state index >= 15 is 0 Å². The van der Waals surface area contributed by atoms with Crippen LogP contribution in [0.4, 0.5) is 0 Å². The van der Waals surface area contributed by atoms with Crippen LogP contribution in [0.1, 0.15) is 136 Å². The molecule has 0 heterocycles. The van der Waals surface area contributed by atoms with Crippen molar-refractivity contribution in [2.75, 3.05) is 0 Å². The lowest BCUT2D eigenvalue weighted by atomic mass is 9.91. The molecule has 6 heteroatoms. The lowest BCUT2D eigenvalue weighted by molar-refractivity contribution is 0.101. The van der Waals surface area contributed by atoms with Crippen LogP contribution in [0.25, 0.3) is 0 Å².